The fourth-order valence-corrected chi connectivity index (χ4v) is 3.07. The highest BCUT2D eigenvalue weighted by Crippen LogP contribution is 2.19. The largest absolute Gasteiger partial charge is 0.357 e. The van der Waals surface area contributed by atoms with Crippen LogP contribution in [-0.2, 0) is 6.54 Å². The van der Waals surface area contributed by atoms with Gasteiger partial charge in [-0.3, -0.25) is 9.89 Å². The van der Waals surface area contributed by atoms with E-state index in [1.807, 2.05) is 12.1 Å². The second-order valence-corrected chi connectivity index (χ2v) is 7.31. The highest BCUT2D eigenvalue weighted by Gasteiger charge is 2.20. The Bertz CT molecular complexity index is 542. The van der Waals surface area contributed by atoms with Gasteiger partial charge in [0.2, 0.25) is 0 Å². The lowest BCUT2D eigenvalue weighted by molar-refractivity contribution is 0.176. The van der Waals surface area contributed by atoms with E-state index in [4.69, 9.17) is 0 Å². The summed E-state index contributed by atoms with van der Waals surface area (Å²) in [6, 6.07) is 7.09. The Balaban J connectivity index is 0.00000338. The quantitative estimate of drug-likeness (QED) is 0.357. The van der Waals surface area contributed by atoms with Crippen molar-refractivity contribution >= 4 is 29.9 Å². The van der Waals surface area contributed by atoms with E-state index >= 15 is 0 Å². The first-order valence-electron chi connectivity index (χ1n) is 9.56. The second-order valence-electron chi connectivity index (χ2n) is 7.31. The van der Waals surface area contributed by atoms with Crippen LogP contribution in [0.3, 0.4) is 0 Å². The van der Waals surface area contributed by atoms with E-state index in [1.165, 1.54) is 0 Å². The summed E-state index contributed by atoms with van der Waals surface area (Å²) in [5, 5.41) is 6.79. The van der Waals surface area contributed by atoms with Gasteiger partial charge in [0.25, 0.3) is 0 Å². The first-order valence-corrected chi connectivity index (χ1v) is 9.56. The van der Waals surface area contributed by atoms with Gasteiger partial charge in [0.1, 0.15) is 5.82 Å². The van der Waals surface area contributed by atoms with Crippen LogP contribution in [-0.4, -0.2) is 43.6 Å². The zero-order valence-corrected chi connectivity index (χ0v) is 18.6. The Hall–Kier alpha value is -0.890. The van der Waals surface area contributed by atoms with Crippen LogP contribution < -0.4 is 10.6 Å². The molecule has 2 N–H and O–H groups in total. The topological polar surface area (TPSA) is 39.7 Å². The van der Waals surface area contributed by atoms with Crippen LogP contribution >= 0.6 is 24.0 Å². The van der Waals surface area contributed by atoms with E-state index in [9.17, 15) is 4.39 Å². The molecule has 0 atom stereocenters. The molecule has 26 heavy (non-hydrogen) atoms. The second kappa shape index (κ2) is 12.5. The molecule has 1 aliphatic heterocycles. The fourth-order valence-electron chi connectivity index (χ4n) is 3.07. The van der Waals surface area contributed by atoms with Crippen molar-refractivity contribution in [2.75, 3.05) is 32.7 Å². The zero-order valence-electron chi connectivity index (χ0n) is 16.3. The molecule has 1 aliphatic rings. The molecule has 0 bridgehead atoms. The lowest BCUT2D eigenvalue weighted by atomic mass is 9.96. The normalized spacial score (nSPS) is 16.4. The van der Waals surface area contributed by atoms with Gasteiger partial charge < -0.3 is 10.6 Å². The third-order valence-electron chi connectivity index (χ3n) is 4.58. The molecule has 0 aromatic heterocycles. The van der Waals surface area contributed by atoms with Crippen LogP contribution in [0.4, 0.5) is 4.39 Å². The van der Waals surface area contributed by atoms with Crippen LogP contribution in [0, 0.1) is 17.7 Å². The number of nitrogens with zero attached hydrogens (tertiary/aromatic N) is 2. The first-order chi connectivity index (χ1) is 12.1. The molecule has 4 nitrogen and oxygen atoms in total. The molecular formula is C20H34FIN4. The molecule has 0 radical (unpaired) electrons. The maximum absolute atomic E-state index is 13.8. The van der Waals surface area contributed by atoms with E-state index in [1.54, 1.807) is 12.1 Å². The van der Waals surface area contributed by atoms with Gasteiger partial charge in [0, 0.05) is 31.7 Å². The number of aliphatic imine (C=N–C) groups is 1. The Morgan fingerprint density at radius 3 is 2.54 bits per heavy atom. The number of rotatable bonds is 7. The summed E-state index contributed by atoms with van der Waals surface area (Å²) in [4.78, 5) is 6.97. The number of guanidine groups is 1. The Morgan fingerprint density at radius 1 is 1.23 bits per heavy atom. The minimum Gasteiger partial charge on any atom is -0.357 e. The number of hydrogen-bond donors (Lipinski definition) is 2. The average Bonchev–Trinajstić information content (AvgIpc) is 2.60. The van der Waals surface area contributed by atoms with E-state index in [-0.39, 0.29) is 29.8 Å². The highest BCUT2D eigenvalue weighted by molar-refractivity contribution is 14.0. The van der Waals surface area contributed by atoms with E-state index in [0.717, 1.165) is 57.1 Å². The lowest BCUT2D eigenvalue weighted by Crippen LogP contribution is -2.43. The minimum atomic E-state index is -0.0945. The third kappa shape index (κ3) is 8.20. The predicted octanol–water partition coefficient (Wildman–Crippen LogP) is 3.87. The minimum absolute atomic E-state index is 0. The van der Waals surface area contributed by atoms with Crippen molar-refractivity contribution in [3.05, 3.63) is 35.6 Å². The SMILES string of the molecule is CCNC(=NCC(C)C)NCC1CCN(Cc2ccccc2F)CC1.I. The van der Waals surface area contributed by atoms with Gasteiger partial charge in [-0.2, -0.15) is 0 Å². The van der Waals surface area contributed by atoms with Crippen LogP contribution in [0.25, 0.3) is 0 Å². The molecule has 1 aromatic carbocycles. The molecule has 0 saturated carbocycles. The summed E-state index contributed by atoms with van der Waals surface area (Å²) in [5.41, 5.74) is 0.800. The van der Waals surface area contributed by atoms with Gasteiger partial charge in [-0.15, -0.1) is 24.0 Å². The Morgan fingerprint density at radius 2 is 1.92 bits per heavy atom. The smallest absolute Gasteiger partial charge is 0.191 e. The Labute approximate surface area is 175 Å². The van der Waals surface area contributed by atoms with Crippen molar-refractivity contribution < 1.29 is 4.39 Å². The molecular weight excluding hydrogens is 442 g/mol. The van der Waals surface area contributed by atoms with E-state index in [2.05, 4.69) is 41.3 Å². The fraction of sp³-hybridized carbons (Fsp3) is 0.650. The van der Waals surface area contributed by atoms with Crippen molar-refractivity contribution in [2.45, 2.75) is 40.2 Å². The number of piperidine rings is 1. The molecule has 0 unspecified atom stereocenters. The van der Waals surface area contributed by atoms with E-state index in [0.29, 0.717) is 18.4 Å². The monoisotopic (exact) mass is 476 g/mol. The molecule has 2 rings (SSSR count). The van der Waals surface area contributed by atoms with Crippen LogP contribution in [0.5, 0.6) is 0 Å². The zero-order chi connectivity index (χ0) is 18.1. The van der Waals surface area contributed by atoms with Crippen LogP contribution in [0.2, 0.25) is 0 Å². The maximum Gasteiger partial charge on any atom is 0.191 e. The molecule has 1 fully saturated rings. The van der Waals surface area contributed by atoms with Gasteiger partial charge in [-0.05, 0) is 50.8 Å². The molecule has 0 spiro atoms. The van der Waals surface area contributed by atoms with Crippen molar-refractivity contribution in [3.8, 4) is 0 Å². The van der Waals surface area contributed by atoms with Gasteiger partial charge in [-0.1, -0.05) is 32.0 Å². The lowest BCUT2D eigenvalue weighted by Gasteiger charge is -2.32. The predicted molar refractivity (Wildman–Crippen MR) is 119 cm³/mol. The van der Waals surface area contributed by atoms with Gasteiger partial charge >= 0.3 is 0 Å². The summed E-state index contributed by atoms with van der Waals surface area (Å²) in [6.07, 6.45) is 2.29. The van der Waals surface area contributed by atoms with E-state index < -0.39 is 0 Å². The summed E-state index contributed by atoms with van der Waals surface area (Å²) >= 11 is 0. The average molecular weight is 476 g/mol. The molecule has 6 heteroatoms. The number of hydrogen-bond acceptors (Lipinski definition) is 2. The van der Waals surface area contributed by atoms with Crippen molar-refractivity contribution in [3.63, 3.8) is 0 Å². The number of likely N-dealkylation sites (tertiary alicyclic amines) is 1. The standard InChI is InChI=1S/C20H33FN4.HI/c1-4-22-20(23-13-16(2)3)24-14-17-9-11-25(12-10-17)15-18-7-5-6-8-19(18)21;/h5-8,16-17H,4,9-15H2,1-3H3,(H2,22,23,24);1H. The molecule has 1 saturated heterocycles. The molecule has 1 aromatic rings. The van der Waals surface area contributed by atoms with Crippen molar-refractivity contribution in [1.82, 2.24) is 15.5 Å². The number of benzene rings is 1. The summed E-state index contributed by atoms with van der Waals surface area (Å²) in [5.74, 6) is 2.05. The van der Waals surface area contributed by atoms with Crippen molar-refractivity contribution in [1.29, 1.82) is 0 Å². The highest BCUT2D eigenvalue weighted by atomic mass is 127. The number of nitrogens with one attached hydrogen (secondary N) is 2. The maximum atomic E-state index is 13.8. The van der Waals surface area contributed by atoms with Gasteiger partial charge in [-0.25, -0.2) is 4.39 Å². The summed E-state index contributed by atoms with van der Waals surface area (Å²) < 4.78 is 13.8. The summed E-state index contributed by atoms with van der Waals surface area (Å²) in [6.45, 7) is 11.9. The summed E-state index contributed by atoms with van der Waals surface area (Å²) in [7, 11) is 0. The number of halogens is 2. The third-order valence-corrected chi connectivity index (χ3v) is 4.58. The molecule has 148 valence electrons. The molecule has 1 heterocycles. The van der Waals surface area contributed by atoms with Gasteiger partial charge in [0.05, 0.1) is 0 Å². The first kappa shape index (κ1) is 23.1. The van der Waals surface area contributed by atoms with Gasteiger partial charge in [0.15, 0.2) is 5.96 Å². The van der Waals surface area contributed by atoms with Crippen molar-refractivity contribution in [2.24, 2.45) is 16.8 Å². The van der Waals surface area contributed by atoms with Crippen LogP contribution in [0.15, 0.2) is 29.3 Å². The van der Waals surface area contributed by atoms with Crippen LogP contribution in [0.1, 0.15) is 39.2 Å². The molecule has 0 amide bonds. The molecule has 0 aliphatic carbocycles. The Kier molecular flexibility index (Phi) is 11.1.